The van der Waals surface area contributed by atoms with Crippen LogP contribution in [0.4, 0.5) is 21.6 Å². The number of nitrogens with zero attached hydrogens (tertiary/aromatic N) is 3. The highest BCUT2D eigenvalue weighted by Crippen LogP contribution is 2.34. The molecule has 2 aromatic carbocycles. The van der Waals surface area contributed by atoms with Gasteiger partial charge in [0.2, 0.25) is 5.91 Å². The molecule has 1 amide bonds. The van der Waals surface area contributed by atoms with E-state index in [0.717, 1.165) is 19.4 Å². The van der Waals surface area contributed by atoms with Crippen LogP contribution in [0.15, 0.2) is 48.8 Å². The van der Waals surface area contributed by atoms with Crippen molar-refractivity contribution in [3.63, 3.8) is 0 Å². The average molecular weight is 470 g/mol. The minimum Gasteiger partial charge on any atom is -0.492 e. The monoisotopic (exact) mass is 469 g/mol. The molecule has 33 heavy (non-hydrogen) atoms. The first-order valence-corrected chi connectivity index (χ1v) is 11.2. The number of carbonyl (C=O) groups is 1. The first kappa shape index (κ1) is 22.9. The fourth-order valence-corrected chi connectivity index (χ4v) is 4.00. The number of likely N-dealkylation sites (tertiary alicyclic amines) is 1. The summed E-state index contributed by atoms with van der Waals surface area (Å²) in [6.45, 7) is 3.34. The number of hydrogen-bond donors (Lipinski definition) is 2. The third-order valence-electron chi connectivity index (χ3n) is 5.52. The Hall–Kier alpha value is -3.23. The van der Waals surface area contributed by atoms with Crippen molar-refractivity contribution >= 4 is 45.6 Å². The Balaban J connectivity index is 1.63. The third kappa shape index (κ3) is 5.40. The molecule has 0 radical (unpaired) electrons. The normalized spacial score (nSPS) is 16.4. The lowest BCUT2D eigenvalue weighted by atomic mass is 10.1. The minimum atomic E-state index is -0.502. The molecule has 0 saturated carbocycles. The van der Waals surface area contributed by atoms with Crippen LogP contribution in [0.5, 0.6) is 5.75 Å². The van der Waals surface area contributed by atoms with E-state index in [9.17, 15) is 9.18 Å². The number of halogens is 2. The number of ether oxygens (including phenoxy) is 1. The predicted molar refractivity (Wildman–Crippen MR) is 129 cm³/mol. The number of fused-ring (bicyclic) bond motifs is 1. The molecule has 4 rings (SSSR count). The molecule has 3 aromatic rings. The van der Waals surface area contributed by atoms with Crippen molar-refractivity contribution in [2.45, 2.75) is 25.8 Å². The zero-order chi connectivity index (χ0) is 23.4. The molecule has 1 aliphatic rings. The Labute approximate surface area is 196 Å². The molecule has 1 saturated heterocycles. The van der Waals surface area contributed by atoms with Gasteiger partial charge in [0, 0.05) is 29.3 Å². The molecule has 2 heterocycles. The molecule has 0 unspecified atom stereocenters. The molecule has 2 N–H and O–H groups in total. The molecule has 1 fully saturated rings. The van der Waals surface area contributed by atoms with E-state index >= 15 is 0 Å². The number of anilines is 3. The van der Waals surface area contributed by atoms with Crippen LogP contribution in [0.2, 0.25) is 5.02 Å². The lowest BCUT2D eigenvalue weighted by Gasteiger charge is -2.15. The van der Waals surface area contributed by atoms with Crippen LogP contribution < -0.4 is 15.4 Å². The van der Waals surface area contributed by atoms with Gasteiger partial charge >= 0.3 is 0 Å². The van der Waals surface area contributed by atoms with E-state index in [-0.39, 0.29) is 17.0 Å². The zero-order valence-corrected chi connectivity index (χ0v) is 19.2. The maximum Gasteiger partial charge on any atom is 0.248 e. The molecule has 7 nitrogen and oxygen atoms in total. The quantitative estimate of drug-likeness (QED) is 0.466. The van der Waals surface area contributed by atoms with Crippen molar-refractivity contribution in [2.75, 3.05) is 30.8 Å². The summed E-state index contributed by atoms with van der Waals surface area (Å²) in [5, 5.41) is 6.72. The van der Waals surface area contributed by atoms with Gasteiger partial charge in [-0.1, -0.05) is 17.7 Å². The van der Waals surface area contributed by atoms with Crippen molar-refractivity contribution in [1.29, 1.82) is 0 Å². The molecule has 172 valence electrons. The largest absolute Gasteiger partial charge is 0.492 e. The van der Waals surface area contributed by atoms with Crippen LogP contribution in [0.1, 0.15) is 19.8 Å². The molecule has 1 aliphatic heterocycles. The minimum absolute atomic E-state index is 0.00430. The van der Waals surface area contributed by atoms with Crippen LogP contribution in [0, 0.1) is 5.82 Å². The van der Waals surface area contributed by atoms with Crippen molar-refractivity contribution in [3.05, 3.63) is 59.7 Å². The summed E-state index contributed by atoms with van der Waals surface area (Å²) in [7, 11) is 2.05. The number of amides is 1. The fraction of sp³-hybridized carbons (Fsp3) is 0.292. The molecule has 1 atom stereocenters. The summed E-state index contributed by atoms with van der Waals surface area (Å²) < 4.78 is 19.3. The summed E-state index contributed by atoms with van der Waals surface area (Å²) in [5.74, 6) is 0.258. The highest BCUT2D eigenvalue weighted by Gasteiger charge is 2.18. The van der Waals surface area contributed by atoms with E-state index in [0.29, 0.717) is 40.5 Å². The second kappa shape index (κ2) is 10.1. The molecule has 0 bridgehead atoms. The fourth-order valence-electron chi connectivity index (χ4n) is 3.82. The lowest BCUT2D eigenvalue weighted by Crippen LogP contribution is -2.23. The number of hydrogen-bond acceptors (Lipinski definition) is 6. The standard InChI is InChI=1S/C24H25ClFN5O2/c1-3-33-22-13-20-17(12-21(22)30-23(32)9-7-16-5-4-10-31(16)2)24(28-14-27-20)29-15-6-8-19(26)18(25)11-15/h6-9,11-14,16H,3-5,10H2,1-2H3,(H,30,32)(H,27,28,29)/t16-/m0/s1. The number of rotatable bonds is 7. The van der Waals surface area contributed by atoms with Gasteiger partial charge in [0.05, 0.1) is 22.8 Å². The van der Waals surface area contributed by atoms with Gasteiger partial charge in [-0.3, -0.25) is 9.69 Å². The highest BCUT2D eigenvalue weighted by atomic mass is 35.5. The first-order chi connectivity index (χ1) is 15.9. The van der Waals surface area contributed by atoms with Gasteiger partial charge in [0.15, 0.2) is 0 Å². The number of aromatic nitrogens is 2. The second-order valence-corrected chi connectivity index (χ2v) is 8.22. The molecular weight excluding hydrogens is 445 g/mol. The highest BCUT2D eigenvalue weighted by molar-refractivity contribution is 6.31. The van der Waals surface area contributed by atoms with Crippen molar-refractivity contribution in [1.82, 2.24) is 14.9 Å². The predicted octanol–water partition coefficient (Wildman–Crippen LogP) is 5.15. The van der Waals surface area contributed by atoms with Gasteiger partial charge in [-0.25, -0.2) is 14.4 Å². The second-order valence-electron chi connectivity index (χ2n) is 7.81. The van der Waals surface area contributed by atoms with Gasteiger partial charge in [-0.2, -0.15) is 0 Å². The Morgan fingerprint density at radius 3 is 2.91 bits per heavy atom. The van der Waals surface area contributed by atoms with E-state index in [1.807, 2.05) is 13.0 Å². The van der Waals surface area contributed by atoms with Gasteiger partial charge in [-0.05, 0) is 57.6 Å². The van der Waals surface area contributed by atoms with E-state index in [2.05, 4.69) is 32.5 Å². The number of nitrogens with one attached hydrogen (secondary N) is 2. The maximum atomic E-state index is 13.5. The number of benzene rings is 2. The third-order valence-corrected chi connectivity index (χ3v) is 5.81. The van der Waals surface area contributed by atoms with Crippen molar-refractivity contribution in [3.8, 4) is 5.75 Å². The summed E-state index contributed by atoms with van der Waals surface area (Å²) in [5.41, 5.74) is 1.71. The van der Waals surface area contributed by atoms with E-state index in [1.54, 1.807) is 24.3 Å². The summed E-state index contributed by atoms with van der Waals surface area (Å²) >= 11 is 5.90. The van der Waals surface area contributed by atoms with E-state index in [1.165, 1.54) is 18.5 Å². The van der Waals surface area contributed by atoms with Gasteiger partial charge in [0.1, 0.15) is 23.7 Å². The molecule has 1 aromatic heterocycles. The Kier molecular flexibility index (Phi) is 7.05. The van der Waals surface area contributed by atoms with E-state index < -0.39 is 5.82 Å². The van der Waals surface area contributed by atoms with Gasteiger partial charge < -0.3 is 15.4 Å². The van der Waals surface area contributed by atoms with E-state index in [4.69, 9.17) is 16.3 Å². The van der Waals surface area contributed by atoms with Crippen LogP contribution in [0.25, 0.3) is 10.9 Å². The Morgan fingerprint density at radius 1 is 1.33 bits per heavy atom. The topological polar surface area (TPSA) is 79.4 Å². The number of likely N-dealkylation sites (N-methyl/N-ethyl adjacent to an activating group) is 1. The Bertz CT molecular complexity index is 1200. The maximum absolute atomic E-state index is 13.5. The van der Waals surface area contributed by atoms with Gasteiger partial charge in [0.25, 0.3) is 0 Å². The first-order valence-electron chi connectivity index (χ1n) is 10.8. The molecule has 9 heteroatoms. The number of carbonyl (C=O) groups excluding carboxylic acids is 1. The van der Waals surface area contributed by atoms with Crippen LogP contribution in [-0.4, -0.2) is 47.0 Å². The Morgan fingerprint density at radius 2 is 2.18 bits per heavy atom. The van der Waals surface area contributed by atoms with Gasteiger partial charge in [-0.15, -0.1) is 0 Å². The summed E-state index contributed by atoms with van der Waals surface area (Å²) in [4.78, 5) is 23.5. The SMILES string of the molecule is CCOc1cc2ncnc(Nc3ccc(F)c(Cl)c3)c2cc1NC(=O)C=C[C@@H]1CCCN1C. The van der Waals surface area contributed by atoms with Crippen molar-refractivity contribution < 1.29 is 13.9 Å². The average Bonchev–Trinajstić information content (AvgIpc) is 3.20. The lowest BCUT2D eigenvalue weighted by molar-refractivity contribution is -0.111. The molecule has 0 aliphatic carbocycles. The summed E-state index contributed by atoms with van der Waals surface area (Å²) in [6.07, 6.45) is 7.08. The summed E-state index contributed by atoms with van der Waals surface area (Å²) in [6, 6.07) is 8.12. The molecule has 0 spiro atoms. The molecular formula is C24H25ClFN5O2. The zero-order valence-electron chi connectivity index (χ0n) is 18.4. The smallest absolute Gasteiger partial charge is 0.248 e. The van der Waals surface area contributed by atoms with Crippen LogP contribution in [-0.2, 0) is 4.79 Å². The van der Waals surface area contributed by atoms with Crippen LogP contribution >= 0.6 is 11.6 Å². The van der Waals surface area contributed by atoms with Crippen molar-refractivity contribution in [2.24, 2.45) is 0 Å². The van der Waals surface area contributed by atoms with Crippen LogP contribution in [0.3, 0.4) is 0 Å².